The average Bonchev–Trinajstić information content (AvgIpc) is 2.35. The number of nitrogens with two attached hydrogens (primary N) is 1. The molecule has 4 N–H and O–H groups in total. The van der Waals surface area contributed by atoms with E-state index in [4.69, 9.17) is 5.84 Å². The van der Waals surface area contributed by atoms with Crippen molar-refractivity contribution >= 4 is 33.3 Å². The number of nitrogens with zero attached hydrogens (tertiary/aromatic N) is 2. The molecule has 0 spiro atoms. The number of hydrogen-bond donors (Lipinski definition) is 3. The SMILES string of the molecule is Cc1cc(F)ccc1Nc1ncnc(NN)c1Br. The summed E-state index contributed by atoms with van der Waals surface area (Å²) in [6.07, 6.45) is 1.38. The Morgan fingerprint density at radius 1 is 1.28 bits per heavy atom. The fourth-order valence-electron chi connectivity index (χ4n) is 1.45. The molecule has 0 aliphatic heterocycles. The molecule has 0 amide bonds. The van der Waals surface area contributed by atoms with Crippen molar-refractivity contribution in [1.82, 2.24) is 9.97 Å². The number of halogens is 2. The van der Waals surface area contributed by atoms with Gasteiger partial charge in [0.05, 0.1) is 0 Å². The first-order valence-electron chi connectivity index (χ1n) is 5.12. The predicted molar refractivity (Wildman–Crippen MR) is 72.0 cm³/mol. The zero-order valence-corrected chi connectivity index (χ0v) is 11.1. The summed E-state index contributed by atoms with van der Waals surface area (Å²) >= 11 is 3.33. The highest BCUT2D eigenvalue weighted by molar-refractivity contribution is 9.10. The van der Waals surface area contributed by atoms with E-state index in [2.05, 4.69) is 36.6 Å². The van der Waals surface area contributed by atoms with E-state index in [0.29, 0.717) is 16.1 Å². The molecule has 0 saturated carbocycles. The maximum atomic E-state index is 13.0. The standard InChI is InChI=1S/C11H11BrFN5/c1-6-4-7(13)2-3-8(6)17-10-9(12)11(18-14)16-5-15-10/h2-5H,14H2,1H3,(H2,15,16,17,18). The lowest BCUT2D eigenvalue weighted by molar-refractivity contribution is 0.627. The van der Waals surface area contributed by atoms with E-state index in [0.717, 1.165) is 11.3 Å². The monoisotopic (exact) mass is 311 g/mol. The highest BCUT2D eigenvalue weighted by Crippen LogP contribution is 2.29. The van der Waals surface area contributed by atoms with Crippen molar-refractivity contribution in [2.75, 3.05) is 10.7 Å². The van der Waals surface area contributed by atoms with E-state index in [1.807, 2.05) is 6.92 Å². The fourth-order valence-corrected chi connectivity index (χ4v) is 1.87. The van der Waals surface area contributed by atoms with Crippen LogP contribution in [-0.4, -0.2) is 9.97 Å². The van der Waals surface area contributed by atoms with Crippen LogP contribution >= 0.6 is 15.9 Å². The normalized spacial score (nSPS) is 10.2. The molecule has 5 nitrogen and oxygen atoms in total. The summed E-state index contributed by atoms with van der Waals surface area (Å²) < 4.78 is 13.6. The molecule has 94 valence electrons. The van der Waals surface area contributed by atoms with Crippen molar-refractivity contribution in [1.29, 1.82) is 0 Å². The molecule has 2 rings (SSSR count). The van der Waals surface area contributed by atoms with Crippen LogP contribution in [-0.2, 0) is 0 Å². The number of benzene rings is 1. The highest BCUT2D eigenvalue weighted by Gasteiger charge is 2.09. The van der Waals surface area contributed by atoms with Gasteiger partial charge in [0, 0.05) is 5.69 Å². The Labute approximate surface area is 112 Å². The van der Waals surface area contributed by atoms with Gasteiger partial charge in [-0.3, -0.25) is 0 Å². The summed E-state index contributed by atoms with van der Waals surface area (Å²) in [5.74, 6) is 6.05. The Morgan fingerprint density at radius 2 is 2.00 bits per heavy atom. The van der Waals surface area contributed by atoms with Gasteiger partial charge in [0.2, 0.25) is 0 Å². The third-order valence-electron chi connectivity index (χ3n) is 2.37. The second-order valence-corrected chi connectivity index (χ2v) is 4.41. The van der Waals surface area contributed by atoms with Crippen molar-refractivity contribution < 1.29 is 4.39 Å². The van der Waals surface area contributed by atoms with Crippen molar-refractivity contribution in [3.63, 3.8) is 0 Å². The molecule has 2 aromatic rings. The Balaban J connectivity index is 2.34. The number of rotatable bonds is 3. The maximum absolute atomic E-state index is 13.0. The molecule has 1 aromatic carbocycles. The molecule has 18 heavy (non-hydrogen) atoms. The van der Waals surface area contributed by atoms with Gasteiger partial charge < -0.3 is 10.7 Å². The van der Waals surface area contributed by atoms with Crippen molar-refractivity contribution in [3.05, 3.63) is 40.4 Å². The Morgan fingerprint density at radius 3 is 2.67 bits per heavy atom. The molecule has 0 saturated heterocycles. The first kappa shape index (κ1) is 12.7. The molecule has 0 aliphatic carbocycles. The second-order valence-electron chi connectivity index (χ2n) is 3.61. The molecule has 0 atom stereocenters. The number of aryl methyl sites for hydroxylation is 1. The highest BCUT2D eigenvalue weighted by atomic mass is 79.9. The molecule has 0 fully saturated rings. The zero-order valence-electron chi connectivity index (χ0n) is 9.54. The Kier molecular flexibility index (Phi) is 3.73. The van der Waals surface area contributed by atoms with Crippen LogP contribution in [0.15, 0.2) is 29.0 Å². The van der Waals surface area contributed by atoms with Crippen LogP contribution < -0.4 is 16.6 Å². The van der Waals surface area contributed by atoms with Gasteiger partial charge in [0.25, 0.3) is 0 Å². The first-order valence-corrected chi connectivity index (χ1v) is 5.91. The minimum Gasteiger partial charge on any atom is -0.339 e. The lowest BCUT2D eigenvalue weighted by atomic mass is 10.2. The van der Waals surface area contributed by atoms with E-state index in [-0.39, 0.29) is 5.82 Å². The topological polar surface area (TPSA) is 75.9 Å². The van der Waals surface area contributed by atoms with Crippen LogP contribution in [0.4, 0.5) is 21.7 Å². The number of aromatic nitrogens is 2. The minimum atomic E-state index is -0.274. The van der Waals surface area contributed by atoms with Gasteiger partial charge in [-0.2, -0.15) is 0 Å². The number of hydrazine groups is 1. The Hall–Kier alpha value is -1.73. The van der Waals surface area contributed by atoms with Gasteiger partial charge in [-0.15, -0.1) is 0 Å². The summed E-state index contributed by atoms with van der Waals surface area (Å²) in [5, 5.41) is 3.08. The number of nitrogen functional groups attached to an aromatic ring is 1. The number of anilines is 3. The second kappa shape index (κ2) is 5.28. The average molecular weight is 312 g/mol. The largest absolute Gasteiger partial charge is 0.339 e. The van der Waals surface area contributed by atoms with Crippen LogP contribution in [0, 0.1) is 12.7 Å². The molecular formula is C11H11BrFN5. The molecule has 0 bridgehead atoms. The Bertz CT molecular complexity index is 575. The van der Waals surface area contributed by atoms with Crippen LogP contribution in [0.5, 0.6) is 0 Å². The number of hydrogen-bond acceptors (Lipinski definition) is 5. The van der Waals surface area contributed by atoms with E-state index in [9.17, 15) is 4.39 Å². The smallest absolute Gasteiger partial charge is 0.159 e. The van der Waals surface area contributed by atoms with Gasteiger partial charge in [-0.1, -0.05) is 0 Å². The van der Waals surface area contributed by atoms with E-state index < -0.39 is 0 Å². The summed E-state index contributed by atoms with van der Waals surface area (Å²) in [4.78, 5) is 8.03. The molecule has 0 radical (unpaired) electrons. The fraction of sp³-hybridized carbons (Fsp3) is 0.0909. The third kappa shape index (κ3) is 2.57. The van der Waals surface area contributed by atoms with Gasteiger partial charge >= 0.3 is 0 Å². The van der Waals surface area contributed by atoms with E-state index >= 15 is 0 Å². The van der Waals surface area contributed by atoms with Crippen molar-refractivity contribution in [2.24, 2.45) is 5.84 Å². The predicted octanol–water partition coefficient (Wildman–Crippen LogP) is 2.72. The van der Waals surface area contributed by atoms with Gasteiger partial charge in [-0.05, 0) is 46.6 Å². The van der Waals surface area contributed by atoms with Crippen molar-refractivity contribution in [3.8, 4) is 0 Å². The molecule has 0 unspecified atom stereocenters. The lowest BCUT2D eigenvalue weighted by Gasteiger charge is -2.11. The van der Waals surface area contributed by atoms with E-state index in [1.54, 1.807) is 6.07 Å². The summed E-state index contributed by atoms with van der Waals surface area (Å²) in [6.45, 7) is 1.81. The summed E-state index contributed by atoms with van der Waals surface area (Å²) in [5.41, 5.74) is 3.99. The molecule has 0 aliphatic rings. The van der Waals surface area contributed by atoms with Crippen LogP contribution in [0.25, 0.3) is 0 Å². The lowest BCUT2D eigenvalue weighted by Crippen LogP contribution is -2.10. The molecule has 7 heteroatoms. The van der Waals surface area contributed by atoms with Crippen LogP contribution in [0.2, 0.25) is 0 Å². The van der Waals surface area contributed by atoms with E-state index in [1.165, 1.54) is 18.5 Å². The van der Waals surface area contributed by atoms with Crippen molar-refractivity contribution in [2.45, 2.75) is 6.92 Å². The molecule has 1 aromatic heterocycles. The van der Waals surface area contributed by atoms with Crippen LogP contribution in [0.3, 0.4) is 0 Å². The first-order chi connectivity index (χ1) is 8.61. The number of nitrogens with one attached hydrogen (secondary N) is 2. The maximum Gasteiger partial charge on any atom is 0.159 e. The van der Waals surface area contributed by atoms with Gasteiger partial charge in [0.1, 0.15) is 22.4 Å². The van der Waals surface area contributed by atoms with Gasteiger partial charge in [-0.25, -0.2) is 20.2 Å². The summed E-state index contributed by atoms with van der Waals surface area (Å²) in [7, 11) is 0. The molecule has 1 heterocycles. The molecular weight excluding hydrogens is 301 g/mol. The summed E-state index contributed by atoms with van der Waals surface area (Å²) in [6, 6.07) is 4.47. The minimum absolute atomic E-state index is 0.274. The third-order valence-corrected chi connectivity index (χ3v) is 3.12. The quantitative estimate of drug-likeness (QED) is 0.600. The zero-order chi connectivity index (χ0) is 13.1. The van der Waals surface area contributed by atoms with Gasteiger partial charge in [0.15, 0.2) is 5.82 Å². The van der Waals surface area contributed by atoms with Crippen LogP contribution in [0.1, 0.15) is 5.56 Å².